The first kappa shape index (κ1) is 16.0. The molecule has 1 atom stereocenters. The smallest absolute Gasteiger partial charge is 0.0739 e. The molecule has 0 spiro atoms. The molecule has 4 nitrogen and oxygen atoms in total. The molecule has 2 heterocycles. The summed E-state index contributed by atoms with van der Waals surface area (Å²) in [6.07, 6.45) is 2.65. The van der Waals surface area contributed by atoms with E-state index in [1.54, 1.807) is 0 Å². The molecule has 1 aromatic rings. The predicted octanol–water partition coefficient (Wildman–Crippen LogP) is 2.70. The topological polar surface area (TPSA) is 33.1 Å². The van der Waals surface area contributed by atoms with E-state index in [2.05, 4.69) is 52.0 Å². The van der Waals surface area contributed by atoms with Crippen LogP contribution < -0.4 is 5.32 Å². The number of aryl methyl sites for hydroxylation is 2. The number of hydrogen-bond acceptors (Lipinski definition) is 3. The molecule has 0 radical (unpaired) electrons. The van der Waals surface area contributed by atoms with Crippen molar-refractivity contribution >= 4 is 15.9 Å². The van der Waals surface area contributed by atoms with Crippen LogP contribution in [0.25, 0.3) is 0 Å². The van der Waals surface area contributed by atoms with Gasteiger partial charge in [-0.1, -0.05) is 13.8 Å². The van der Waals surface area contributed by atoms with E-state index in [9.17, 15) is 0 Å². The maximum atomic E-state index is 4.49. The van der Waals surface area contributed by atoms with Gasteiger partial charge in [-0.15, -0.1) is 0 Å². The van der Waals surface area contributed by atoms with E-state index in [-0.39, 0.29) is 0 Å². The number of nitrogens with one attached hydrogen (secondary N) is 1. The fourth-order valence-corrected chi connectivity index (χ4v) is 3.39. The molecule has 0 saturated carbocycles. The van der Waals surface area contributed by atoms with Crippen molar-refractivity contribution in [2.24, 2.45) is 13.0 Å². The van der Waals surface area contributed by atoms with E-state index in [1.165, 1.54) is 36.1 Å². The van der Waals surface area contributed by atoms with E-state index < -0.39 is 0 Å². The Kier molecular flexibility index (Phi) is 5.64. The molecule has 1 unspecified atom stereocenters. The van der Waals surface area contributed by atoms with Gasteiger partial charge in [-0.05, 0) is 54.7 Å². The van der Waals surface area contributed by atoms with Crippen LogP contribution in [-0.2, 0) is 13.6 Å². The van der Waals surface area contributed by atoms with Crippen LogP contribution in [0.2, 0.25) is 0 Å². The molecule has 1 aliphatic heterocycles. The number of aromatic nitrogens is 2. The second-order valence-electron chi connectivity index (χ2n) is 6.28. The lowest BCUT2D eigenvalue weighted by Gasteiger charge is -2.33. The zero-order chi connectivity index (χ0) is 14.7. The molecule has 0 aliphatic carbocycles. The monoisotopic (exact) mass is 342 g/mol. The van der Waals surface area contributed by atoms with Crippen molar-refractivity contribution in [3.8, 4) is 0 Å². The third-order valence-corrected chi connectivity index (χ3v) is 5.08. The first-order valence-corrected chi connectivity index (χ1v) is 8.40. The van der Waals surface area contributed by atoms with E-state index >= 15 is 0 Å². The summed E-state index contributed by atoms with van der Waals surface area (Å²) >= 11 is 3.67. The molecule has 1 fully saturated rings. The molecule has 1 saturated heterocycles. The van der Waals surface area contributed by atoms with Crippen molar-refractivity contribution in [3.63, 3.8) is 0 Å². The third-order valence-electron chi connectivity index (χ3n) is 4.05. The van der Waals surface area contributed by atoms with Crippen molar-refractivity contribution in [3.05, 3.63) is 15.9 Å². The highest BCUT2D eigenvalue weighted by Crippen LogP contribution is 2.24. The summed E-state index contributed by atoms with van der Waals surface area (Å²) < 4.78 is 3.18. The van der Waals surface area contributed by atoms with E-state index in [1.807, 2.05) is 11.7 Å². The molecule has 0 aromatic carbocycles. The molecule has 0 bridgehead atoms. The summed E-state index contributed by atoms with van der Waals surface area (Å²) in [5, 5.41) is 8.06. The summed E-state index contributed by atoms with van der Waals surface area (Å²) in [6, 6.07) is 0.583. The molecule has 1 aliphatic rings. The fourth-order valence-electron chi connectivity index (χ4n) is 2.93. The van der Waals surface area contributed by atoms with Crippen LogP contribution in [0, 0.1) is 12.8 Å². The van der Waals surface area contributed by atoms with Crippen molar-refractivity contribution in [2.75, 3.05) is 19.6 Å². The minimum absolute atomic E-state index is 0.583. The normalized spacial score (nSPS) is 20.8. The summed E-state index contributed by atoms with van der Waals surface area (Å²) in [6.45, 7) is 11.0. The Labute approximate surface area is 131 Å². The minimum atomic E-state index is 0.583. The number of rotatable bonds is 5. The first-order chi connectivity index (χ1) is 9.47. The molecule has 1 aromatic heterocycles. The van der Waals surface area contributed by atoms with E-state index in [0.29, 0.717) is 6.04 Å². The fraction of sp³-hybridized carbons (Fsp3) is 0.800. The van der Waals surface area contributed by atoms with E-state index in [0.717, 1.165) is 24.7 Å². The average Bonchev–Trinajstić information content (AvgIpc) is 2.64. The van der Waals surface area contributed by atoms with Gasteiger partial charge in [0, 0.05) is 26.2 Å². The van der Waals surface area contributed by atoms with Crippen LogP contribution in [0.15, 0.2) is 4.47 Å². The van der Waals surface area contributed by atoms with Gasteiger partial charge in [0.05, 0.1) is 15.9 Å². The summed E-state index contributed by atoms with van der Waals surface area (Å²) in [5.41, 5.74) is 2.37. The number of hydrogen-bond donors (Lipinski definition) is 1. The van der Waals surface area contributed by atoms with Gasteiger partial charge in [0.25, 0.3) is 0 Å². The molecule has 5 heteroatoms. The maximum absolute atomic E-state index is 4.49. The SMILES string of the molecule is Cc1nn(C)c(CN2CCCC(CNC(C)C)C2)c1Br. The molecule has 2 rings (SSSR count). The van der Waals surface area contributed by atoms with Gasteiger partial charge < -0.3 is 5.32 Å². The Morgan fingerprint density at radius 2 is 2.20 bits per heavy atom. The second-order valence-corrected chi connectivity index (χ2v) is 7.07. The highest BCUT2D eigenvalue weighted by molar-refractivity contribution is 9.10. The summed E-state index contributed by atoms with van der Waals surface area (Å²) in [7, 11) is 2.04. The van der Waals surface area contributed by atoms with Gasteiger partial charge >= 0.3 is 0 Å². The van der Waals surface area contributed by atoms with Crippen molar-refractivity contribution in [2.45, 2.75) is 46.2 Å². The number of likely N-dealkylation sites (tertiary alicyclic amines) is 1. The third kappa shape index (κ3) is 4.06. The van der Waals surface area contributed by atoms with Gasteiger partial charge in [0.15, 0.2) is 0 Å². The van der Waals surface area contributed by atoms with Crippen LogP contribution in [0.3, 0.4) is 0 Å². The quantitative estimate of drug-likeness (QED) is 0.892. The van der Waals surface area contributed by atoms with Crippen LogP contribution in [0.5, 0.6) is 0 Å². The van der Waals surface area contributed by atoms with Crippen molar-refractivity contribution in [1.29, 1.82) is 0 Å². The Balaban J connectivity index is 1.92. The Bertz CT molecular complexity index is 441. The van der Waals surface area contributed by atoms with Crippen LogP contribution >= 0.6 is 15.9 Å². The van der Waals surface area contributed by atoms with Crippen molar-refractivity contribution < 1.29 is 0 Å². The zero-order valence-electron chi connectivity index (χ0n) is 13.1. The molecule has 0 amide bonds. The highest BCUT2D eigenvalue weighted by Gasteiger charge is 2.22. The Morgan fingerprint density at radius 1 is 1.45 bits per heavy atom. The second kappa shape index (κ2) is 7.05. The van der Waals surface area contributed by atoms with Gasteiger partial charge in [-0.2, -0.15) is 5.10 Å². The van der Waals surface area contributed by atoms with Crippen molar-refractivity contribution in [1.82, 2.24) is 20.0 Å². The van der Waals surface area contributed by atoms with Crippen LogP contribution in [-0.4, -0.2) is 40.4 Å². The van der Waals surface area contributed by atoms with Gasteiger partial charge in [0.1, 0.15) is 0 Å². The standard InChI is InChI=1S/C15H27BrN4/c1-11(2)17-8-13-6-5-7-20(9-13)10-14-15(16)12(3)18-19(14)4/h11,13,17H,5-10H2,1-4H3. The summed E-state index contributed by atoms with van der Waals surface area (Å²) in [5.74, 6) is 0.777. The Morgan fingerprint density at radius 3 is 2.80 bits per heavy atom. The van der Waals surface area contributed by atoms with Gasteiger partial charge in [0.2, 0.25) is 0 Å². The first-order valence-electron chi connectivity index (χ1n) is 7.61. The molecule has 20 heavy (non-hydrogen) atoms. The summed E-state index contributed by atoms with van der Waals surface area (Å²) in [4.78, 5) is 2.57. The molecule has 114 valence electrons. The minimum Gasteiger partial charge on any atom is -0.314 e. The largest absolute Gasteiger partial charge is 0.314 e. The van der Waals surface area contributed by atoms with Gasteiger partial charge in [-0.3, -0.25) is 9.58 Å². The average molecular weight is 343 g/mol. The molecular formula is C15H27BrN4. The lowest BCUT2D eigenvalue weighted by atomic mass is 9.97. The lowest BCUT2D eigenvalue weighted by Crippen LogP contribution is -2.40. The number of halogens is 1. The predicted molar refractivity (Wildman–Crippen MR) is 86.8 cm³/mol. The lowest BCUT2D eigenvalue weighted by molar-refractivity contribution is 0.160. The highest BCUT2D eigenvalue weighted by atomic mass is 79.9. The van der Waals surface area contributed by atoms with Crippen LogP contribution in [0.1, 0.15) is 38.1 Å². The number of nitrogens with zero attached hydrogens (tertiary/aromatic N) is 3. The van der Waals surface area contributed by atoms with E-state index in [4.69, 9.17) is 0 Å². The van der Waals surface area contributed by atoms with Crippen LogP contribution in [0.4, 0.5) is 0 Å². The van der Waals surface area contributed by atoms with Gasteiger partial charge in [-0.25, -0.2) is 0 Å². The molecule has 1 N–H and O–H groups in total. The Hall–Kier alpha value is -0.390. The zero-order valence-corrected chi connectivity index (χ0v) is 14.7. The molecular weight excluding hydrogens is 316 g/mol. The number of piperidine rings is 1. The maximum Gasteiger partial charge on any atom is 0.0739 e.